The Morgan fingerprint density at radius 3 is 2.66 bits per heavy atom. The average molecular weight is 405 g/mol. The lowest BCUT2D eigenvalue weighted by Crippen LogP contribution is -2.37. The van der Waals surface area contributed by atoms with Gasteiger partial charge in [0.2, 0.25) is 0 Å². The Kier molecular flexibility index (Phi) is 4.60. The molecule has 5 rings (SSSR count). The summed E-state index contributed by atoms with van der Waals surface area (Å²) in [6.07, 6.45) is 7.44. The minimum absolute atomic E-state index is 0.0284. The van der Waals surface area contributed by atoms with Gasteiger partial charge in [0, 0.05) is 36.4 Å². The second-order valence-corrected chi connectivity index (χ2v) is 7.89. The molecular formula is C23H21ClN4O. The number of H-pyrrole nitrogens is 1. The number of amides is 1. The predicted molar refractivity (Wildman–Crippen MR) is 115 cm³/mol. The van der Waals surface area contributed by atoms with Gasteiger partial charge in [0.15, 0.2) is 0 Å². The number of piperidine rings is 1. The number of hydrogen-bond donors (Lipinski definition) is 1. The molecule has 0 saturated carbocycles. The molecule has 2 aromatic carbocycles. The summed E-state index contributed by atoms with van der Waals surface area (Å²) in [6.45, 7) is 1.50. The topological polar surface area (TPSA) is 53.9 Å². The van der Waals surface area contributed by atoms with Crippen LogP contribution in [0.5, 0.6) is 0 Å². The highest BCUT2D eigenvalue weighted by atomic mass is 35.5. The van der Waals surface area contributed by atoms with E-state index in [0.29, 0.717) is 16.5 Å². The molecule has 1 aliphatic rings. The van der Waals surface area contributed by atoms with Crippen LogP contribution in [0, 0.1) is 0 Å². The molecule has 1 amide bonds. The molecule has 0 spiro atoms. The van der Waals surface area contributed by atoms with Crippen molar-refractivity contribution >= 4 is 28.4 Å². The molecule has 2 aromatic heterocycles. The van der Waals surface area contributed by atoms with E-state index in [1.807, 2.05) is 35.2 Å². The number of carbonyl (C=O) groups is 1. The van der Waals surface area contributed by atoms with Crippen LogP contribution in [-0.4, -0.2) is 38.7 Å². The molecular weight excluding hydrogens is 384 g/mol. The maximum absolute atomic E-state index is 13.0. The lowest BCUT2D eigenvalue weighted by atomic mass is 9.89. The van der Waals surface area contributed by atoms with Gasteiger partial charge in [-0.3, -0.25) is 4.79 Å². The molecule has 0 bridgehead atoms. The van der Waals surface area contributed by atoms with Gasteiger partial charge in [-0.2, -0.15) is 5.10 Å². The fourth-order valence-electron chi connectivity index (χ4n) is 4.21. The number of carbonyl (C=O) groups excluding carboxylic acids is 1. The third kappa shape index (κ3) is 3.32. The van der Waals surface area contributed by atoms with E-state index in [1.165, 1.54) is 16.5 Å². The first-order valence-electron chi connectivity index (χ1n) is 9.85. The summed E-state index contributed by atoms with van der Waals surface area (Å²) in [5, 5.41) is 6.23. The minimum atomic E-state index is 0.0284. The van der Waals surface area contributed by atoms with E-state index in [4.69, 9.17) is 11.6 Å². The van der Waals surface area contributed by atoms with Crippen molar-refractivity contribution in [2.24, 2.45) is 0 Å². The average Bonchev–Trinajstić information content (AvgIpc) is 3.41. The van der Waals surface area contributed by atoms with Gasteiger partial charge in [0.05, 0.1) is 22.5 Å². The fraction of sp³-hybridized carbons (Fsp3) is 0.217. The van der Waals surface area contributed by atoms with Crippen LogP contribution in [0.3, 0.4) is 0 Å². The maximum atomic E-state index is 13.0. The second kappa shape index (κ2) is 7.41. The lowest BCUT2D eigenvalue weighted by molar-refractivity contribution is 0.0713. The van der Waals surface area contributed by atoms with Gasteiger partial charge in [0.1, 0.15) is 0 Å². The van der Waals surface area contributed by atoms with Gasteiger partial charge in [0.25, 0.3) is 5.91 Å². The van der Waals surface area contributed by atoms with Crippen molar-refractivity contribution in [1.29, 1.82) is 0 Å². The van der Waals surface area contributed by atoms with Crippen molar-refractivity contribution in [1.82, 2.24) is 19.7 Å². The third-order valence-electron chi connectivity index (χ3n) is 5.77. The highest BCUT2D eigenvalue weighted by molar-refractivity contribution is 6.32. The minimum Gasteiger partial charge on any atom is -0.361 e. The van der Waals surface area contributed by atoms with Gasteiger partial charge in [-0.15, -0.1) is 0 Å². The number of aromatic nitrogens is 3. The summed E-state index contributed by atoms with van der Waals surface area (Å²) in [4.78, 5) is 18.3. The molecule has 146 valence electrons. The van der Waals surface area contributed by atoms with Gasteiger partial charge in [-0.05, 0) is 42.5 Å². The quantitative estimate of drug-likeness (QED) is 0.520. The summed E-state index contributed by atoms with van der Waals surface area (Å²) >= 11 is 6.24. The van der Waals surface area contributed by atoms with Crippen molar-refractivity contribution in [2.45, 2.75) is 18.8 Å². The van der Waals surface area contributed by atoms with Crippen LogP contribution in [0.2, 0.25) is 5.02 Å². The molecule has 0 radical (unpaired) electrons. The number of aromatic amines is 1. The Labute approximate surface area is 173 Å². The summed E-state index contributed by atoms with van der Waals surface area (Å²) < 4.78 is 1.66. The molecule has 1 fully saturated rings. The van der Waals surface area contributed by atoms with E-state index in [-0.39, 0.29) is 5.91 Å². The largest absolute Gasteiger partial charge is 0.361 e. The number of halogens is 1. The molecule has 1 saturated heterocycles. The number of rotatable bonds is 3. The molecule has 29 heavy (non-hydrogen) atoms. The predicted octanol–water partition coefficient (Wildman–Crippen LogP) is 5.03. The SMILES string of the molecule is O=C(c1cnn(-c2ccccc2Cl)c1)N1CCC(c2c[nH]c3ccccc23)CC1. The van der Waals surface area contributed by atoms with Crippen LogP contribution in [0.15, 0.2) is 67.1 Å². The van der Waals surface area contributed by atoms with Crippen LogP contribution in [-0.2, 0) is 0 Å². The number of nitrogens with one attached hydrogen (secondary N) is 1. The first-order valence-corrected chi connectivity index (χ1v) is 10.2. The smallest absolute Gasteiger partial charge is 0.257 e. The summed E-state index contributed by atoms with van der Waals surface area (Å²) in [5.74, 6) is 0.502. The van der Waals surface area contributed by atoms with E-state index in [9.17, 15) is 4.79 Å². The highest BCUT2D eigenvalue weighted by Crippen LogP contribution is 2.33. The monoisotopic (exact) mass is 404 g/mol. The van der Waals surface area contributed by atoms with Crippen LogP contribution in [0.1, 0.15) is 34.7 Å². The summed E-state index contributed by atoms with van der Waals surface area (Å²) in [7, 11) is 0. The molecule has 0 atom stereocenters. The van der Waals surface area contributed by atoms with Crippen molar-refractivity contribution in [3.8, 4) is 5.69 Å². The number of fused-ring (bicyclic) bond motifs is 1. The molecule has 0 aliphatic carbocycles. The maximum Gasteiger partial charge on any atom is 0.257 e. The first kappa shape index (κ1) is 18.0. The van der Waals surface area contributed by atoms with Crippen molar-refractivity contribution in [3.05, 3.63) is 83.3 Å². The standard InChI is InChI=1S/C23H21ClN4O/c24-20-6-2-4-8-22(20)28-15-17(13-26-28)23(29)27-11-9-16(10-12-27)19-14-25-21-7-3-1-5-18(19)21/h1-8,13-16,25H,9-12H2. The third-order valence-corrected chi connectivity index (χ3v) is 6.09. The Bertz CT molecular complexity index is 1170. The lowest BCUT2D eigenvalue weighted by Gasteiger charge is -2.31. The highest BCUT2D eigenvalue weighted by Gasteiger charge is 2.26. The Morgan fingerprint density at radius 2 is 1.83 bits per heavy atom. The van der Waals surface area contributed by atoms with Crippen LogP contribution in [0.4, 0.5) is 0 Å². The van der Waals surface area contributed by atoms with Gasteiger partial charge >= 0.3 is 0 Å². The first-order chi connectivity index (χ1) is 14.2. The van der Waals surface area contributed by atoms with Crippen LogP contribution >= 0.6 is 11.6 Å². The second-order valence-electron chi connectivity index (χ2n) is 7.48. The van der Waals surface area contributed by atoms with E-state index in [2.05, 4.69) is 34.5 Å². The Hall–Kier alpha value is -3.05. The Morgan fingerprint density at radius 1 is 1.07 bits per heavy atom. The summed E-state index contributed by atoms with van der Waals surface area (Å²) in [5.41, 5.74) is 3.90. The van der Waals surface area contributed by atoms with Gasteiger partial charge < -0.3 is 9.88 Å². The van der Waals surface area contributed by atoms with Gasteiger partial charge in [-0.1, -0.05) is 41.9 Å². The molecule has 1 aliphatic heterocycles. The van der Waals surface area contributed by atoms with Gasteiger partial charge in [-0.25, -0.2) is 4.68 Å². The zero-order valence-corrected chi connectivity index (χ0v) is 16.6. The van der Waals surface area contributed by atoms with Crippen molar-refractivity contribution in [3.63, 3.8) is 0 Å². The van der Waals surface area contributed by atoms with E-state index < -0.39 is 0 Å². The zero-order valence-electron chi connectivity index (χ0n) is 15.9. The van der Waals surface area contributed by atoms with Crippen molar-refractivity contribution in [2.75, 3.05) is 13.1 Å². The normalized spacial score (nSPS) is 15.1. The number of likely N-dealkylation sites (tertiary alicyclic amines) is 1. The molecule has 5 nitrogen and oxygen atoms in total. The molecule has 4 aromatic rings. The molecule has 3 heterocycles. The van der Waals surface area contributed by atoms with E-state index >= 15 is 0 Å². The fourth-order valence-corrected chi connectivity index (χ4v) is 4.43. The van der Waals surface area contributed by atoms with Crippen molar-refractivity contribution < 1.29 is 4.79 Å². The van der Waals surface area contributed by atoms with E-state index in [0.717, 1.165) is 31.6 Å². The molecule has 0 unspecified atom stereocenters. The Balaban J connectivity index is 1.29. The molecule has 6 heteroatoms. The number of hydrogen-bond acceptors (Lipinski definition) is 2. The number of para-hydroxylation sites is 2. The van der Waals surface area contributed by atoms with E-state index in [1.54, 1.807) is 17.1 Å². The number of benzene rings is 2. The van der Waals surface area contributed by atoms with Crippen LogP contribution < -0.4 is 0 Å². The number of nitrogens with zero attached hydrogens (tertiary/aromatic N) is 3. The zero-order chi connectivity index (χ0) is 19.8. The summed E-state index contributed by atoms with van der Waals surface area (Å²) in [6, 6.07) is 15.9. The van der Waals surface area contributed by atoms with Crippen LogP contribution in [0.25, 0.3) is 16.6 Å². The molecule has 1 N–H and O–H groups in total.